The summed E-state index contributed by atoms with van der Waals surface area (Å²) in [5.41, 5.74) is 1.38. The number of hydrogen-bond acceptors (Lipinski definition) is 4. The van der Waals surface area contributed by atoms with Gasteiger partial charge < -0.3 is 14.6 Å². The van der Waals surface area contributed by atoms with E-state index in [1.165, 1.54) is 6.39 Å². The van der Waals surface area contributed by atoms with Crippen LogP contribution in [-0.4, -0.2) is 40.8 Å². The molecular weight excluding hydrogens is 342 g/mol. The Morgan fingerprint density at radius 1 is 1.48 bits per heavy atom. The molecule has 0 radical (unpaired) electrons. The van der Waals surface area contributed by atoms with Gasteiger partial charge in [0.15, 0.2) is 12.1 Å². The Hall–Kier alpha value is -2.34. The summed E-state index contributed by atoms with van der Waals surface area (Å²) in [4.78, 5) is 30.2. The minimum atomic E-state index is -0.292. The lowest BCUT2D eigenvalue weighted by molar-refractivity contribution is -0.127. The molecule has 3 rings (SSSR count). The fraction of sp³-hybridized carbons (Fsp3) is 0.389. The van der Waals surface area contributed by atoms with Gasteiger partial charge in [0.25, 0.3) is 5.91 Å². The Balaban J connectivity index is 1.54. The van der Waals surface area contributed by atoms with Gasteiger partial charge in [0, 0.05) is 31.0 Å². The quantitative estimate of drug-likeness (QED) is 0.857. The molecule has 1 fully saturated rings. The molecule has 2 aromatic rings. The average Bonchev–Trinajstić information content (AvgIpc) is 3.19. The first-order valence-corrected chi connectivity index (χ1v) is 8.70. The largest absolute Gasteiger partial charge is 0.448 e. The predicted molar refractivity (Wildman–Crippen MR) is 93.5 cm³/mol. The molecule has 2 amide bonds. The van der Waals surface area contributed by atoms with Gasteiger partial charge in [-0.3, -0.25) is 9.59 Å². The van der Waals surface area contributed by atoms with Crippen molar-refractivity contribution >= 4 is 23.4 Å². The van der Waals surface area contributed by atoms with Crippen LogP contribution in [0.4, 0.5) is 0 Å². The van der Waals surface area contributed by atoms with E-state index in [1.54, 1.807) is 4.90 Å². The first kappa shape index (κ1) is 17.5. The second-order valence-corrected chi connectivity index (χ2v) is 6.51. The molecule has 1 atom stereocenters. The Morgan fingerprint density at radius 2 is 2.32 bits per heavy atom. The zero-order valence-corrected chi connectivity index (χ0v) is 14.8. The van der Waals surface area contributed by atoms with Crippen LogP contribution in [0.25, 0.3) is 0 Å². The standard InChI is InChI=1S/C18H20ClN3O3/c1-2-15-17(20-11-25-15)18(24)21-14-9-16(23)22(10-14)7-6-12-4-3-5-13(19)8-12/h3-5,8,11,14H,2,6-7,9-10H2,1H3,(H,21,24)/t14-/m0/s1. The number of carbonyl (C=O) groups excluding carboxylic acids is 2. The van der Waals surface area contributed by atoms with Crippen LogP contribution in [0.5, 0.6) is 0 Å². The highest BCUT2D eigenvalue weighted by atomic mass is 35.5. The van der Waals surface area contributed by atoms with Gasteiger partial charge in [-0.25, -0.2) is 4.98 Å². The summed E-state index contributed by atoms with van der Waals surface area (Å²) >= 11 is 5.98. The highest BCUT2D eigenvalue weighted by Gasteiger charge is 2.31. The highest BCUT2D eigenvalue weighted by molar-refractivity contribution is 6.30. The number of aryl methyl sites for hydroxylation is 1. The topological polar surface area (TPSA) is 75.4 Å². The molecule has 7 heteroatoms. The minimum absolute atomic E-state index is 0.0446. The van der Waals surface area contributed by atoms with Crippen molar-refractivity contribution in [3.63, 3.8) is 0 Å². The van der Waals surface area contributed by atoms with E-state index in [0.29, 0.717) is 42.4 Å². The molecule has 1 aromatic carbocycles. The molecule has 6 nitrogen and oxygen atoms in total. The molecule has 1 N–H and O–H groups in total. The van der Waals surface area contributed by atoms with Crippen LogP contribution < -0.4 is 5.32 Å². The van der Waals surface area contributed by atoms with Gasteiger partial charge in [-0.2, -0.15) is 0 Å². The minimum Gasteiger partial charge on any atom is -0.448 e. The van der Waals surface area contributed by atoms with E-state index in [-0.39, 0.29) is 17.9 Å². The summed E-state index contributed by atoms with van der Waals surface area (Å²) in [6, 6.07) is 7.41. The zero-order valence-electron chi connectivity index (χ0n) is 14.0. The SMILES string of the molecule is CCc1ocnc1C(=O)N[C@H]1CC(=O)N(CCc2cccc(Cl)c2)C1. The van der Waals surface area contributed by atoms with Crippen LogP contribution in [0, 0.1) is 0 Å². The lowest BCUT2D eigenvalue weighted by Crippen LogP contribution is -2.38. The van der Waals surface area contributed by atoms with Crippen molar-refractivity contribution in [2.24, 2.45) is 0 Å². The number of aromatic nitrogens is 1. The molecule has 1 aromatic heterocycles. The molecule has 1 aliphatic rings. The molecule has 2 heterocycles. The first-order valence-electron chi connectivity index (χ1n) is 8.32. The summed E-state index contributed by atoms with van der Waals surface area (Å²) in [5.74, 6) is 0.308. The Bertz CT molecular complexity index is 774. The van der Waals surface area contributed by atoms with Gasteiger partial charge in [-0.05, 0) is 24.1 Å². The Kier molecular flexibility index (Phi) is 5.38. The van der Waals surface area contributed by atoms with Crippen molar-refractivity contribution in [1.29, 1.82) is 0 Å². The molecule has 0 aliphatic carbocycles. The van der Waals surface area contributed by atoms with Crippen molar-refractivity contribution < 1.29 is 14.0 Å². The normalized spacial score (nSPS) is 17.1. The monoisotopic (exact) mass is 361 g/mol. The second-order valence-electron chi connectivity index (χ2n) is 6.07. The van der Waals surface area contributed by atoms with Gasteiger partial charge in [-0.1, -0.05) is 30.7 Å². The lowest BCUT2D eigenvalue weighted by atomic mass is 10.1. The number of likely N-dealkylation sites (tertiary alicyclic amines) is 1. The Morgan fingerprint density at radius 3 is 3.08 bits per heavy atom. The number of oxazole rings is 1. The maximum atomic E-state index is 12.3. The van der Waals surface area contributed by atoms with Crippen molar-refractivity contribution in [3.05, 3.63) is 52.7 Å². The van der Waals surface area contributed by atoms with Crippen molar-refractivity contribution in [1.82, 2.24) is 15.2 Å². The average molecular weight is 362 g/mol. The second kappa shape index (κ2) is 7.70. The van der Waals surface area contributed by atoms with Gasteiger partial charge in [-0.15, -0.1) is 0 Å². The number of carbonyl (C=O) groups is 2. The zero-order chi connectivity index (χ0) is 17.8. The molecular formula is C18H20ClN3O3. The molecule has 0 bridgehead atoms. The van der Waals surface area contributed by atoms with Crippen LogP contribution in [0.1, 0.15) is 35.2 Å². The van der Waals surface area contributed by atoms with E-state index in [2.05, 4.69) is 10.3 Å². The summed E-state index contributed by atoms with van der Waals surface area (Å²) in [5, 5.41) is 3.57. The first-order chi connectivity index (χ1) is 12.1. The smallest absolute Gasteiger partial charge is 0.273 e. The number of amides is 2. The van der Waals surface area contributed by atoms with Crippen molar-refractivity contribution in [2.75, 3.05) is 13.1 Å². The van der Waals surface area contributed by atoms with E-state index < -0.39 is 0 Å². The van der Waals surface area contributed by atoms with E-state index >= 15 is 0 Å². The summed E-state index contributed by atoms with van der Waals surface area (Å²) in [6.07, 6.45) is 2.90. The van der Waals surface area contributed by atoms with Crippen LogP contribution in [0.2, 0.25) is 5.02 Å². The van der Waals surface area contributed by atoms with Crippen LogP contribution >= 0.6 is 11.6 Å². The van der Waals surface area contributed by atoms with Crippen LogP contribution in [0.3, 0.4) is 0 Å². The molecule has 0 spiro atoms. The number of nitrogens with zero attached hydrogens (tertiary/aromatic N) is 2. The Labute approximate surface area is 151 Å². The molecule has 1 aliphatic heterocycles. The third kappa shape index (κ3) is 4.20. The van der Waals surface area contributed by atoms with Crippen molar-refractivity contribution in [2.45, 2.75) is 32.2 Å². The third-order valence-electron chi connectivity index (χ3n) is 4.29. The molecule has 0 unspecified atom stereocenters. The number of halogens is 1. The van der Waals surface area contributed by atoms with E-state index in [4.69, 9.17) is 16.0 Å². The summed E-state index contributed by atoms with van der Waals surface area (Å²) < 4.78 is 5.18. The van der Waals surface area contributed by atoms with Crippen molar-refractivity contribution in [3.8, 4) is 0 Å². The van der Waals surface area contributed by atoms with E-state index in [0.717, 1.165) is 12.0 Å². The van der Waals surface area contributed by atoms with E-state index in [9.17, 15) is 9.59 Å². The van der Waals surface area contributed by atoms with Gasteiger partial charge in [0.05, 0.1) is 6.04 Å². The number of rotatable bonds is 6. The van der Waals surface area contributed by atoms with E-state index in [1.807, 2.05) is 31.2 Å². The van der Waals surface area contributed by atoms with Crippen LogP contribution in [-0.2, 0) is 17.6 Å². The number of hydrogen-bond donors (Lipinski definition) is 1. The molecule has 1 saturated heterocycles. The summed E-state index contributed by atoms with van der Waals surface area (Å²) in [7, 11) is 0. The maximum Gasteiger partial charge on any atom is 0.273 e. The highest BCUT2D eigenvalue weighted by Crippen LogP contribution is 2.16. The maximum absolute atomic E-state index is 12.3. The fourth-order valence-corrected chi connectivity index (χ4v) is 3.21. The molecule has 25 heavy (non-hydrogen) atoms. The molecule has 132 valence electrons. The number of benzene rings is 1. The van der Waals surface area contributed by atoms with Gasteiger partial charge in [0.2, 0.25) is 5.91 Å². The summed E-state index contributed by atoms with van der Waals surface area (Å²) in [6.45, 7) is 3.01. The van der Waals surface area contributed by atoms with Gasteiger partial charge >= 0.3 is 0 Å². The van der Waals surface area contributed by atoms with Gasteiger partial charge in [0.1, 0.15) is 5.76 Å². The third-order valence-corrected chi connectivity index (χ3v) is 4.52. The fourth-order valence-electron chi connectivity index (χ4n) is 3.00. The molecule has 0 saturated carbocycles. The predicted octanol–water partition coefficient (Wildman–Crippen LogP) is 2.46. The number of nitrogens with one attached hydrogen (secondary N) is 1. The van der Waals surface area contributed by atoms with Crippen LogP contribution in [0.15, 0.2) is 35.1 Å². The lowest BCUT2D eigenvalue weighted by Gasteiger charge is -2.17.